The van der Waals surface area contributed by atoms with Crippen molar-refractivity contribution in [3.8, 4) is 6.07 Å². The van der Waals surface area contributed by atoms with Crippen LogP contribution in [0.25, 0.3) is 11.2 Å². The van der Waals surface area contributed by atoms with E-state index in [-0.39, 0.29) is 22.5 Å². The average Bonchev–Trinajstić information content (AvgIpc) is 2.52. The minimum Gasteiger partial charge on any atom is -0.339 e. The third-order valence-electron chi connectivity index (χ3n) is 1.40. The Kier molecular flexibility index (Phi) is 1.18. The van der Waals surface area contributed by atoms with E-state index in [9.17, 15) is 4.79 Å². The van der Waals surface area contributed by atoms with Crippen molar-refractivity contribution in [3.63, 3.8) is 0 Å². The summed E-state index contributed by atoms with van der Waals surface area (Å²) in [4.78, 5) is 23.5. The van der Waals surface area contributed by atoms with Gasteiger partial charge in [-0.15, -0.1) is 0 Å². The minimum absolute atomic E-state index is 0.0281. The Balaban J connectivity index is 2.96. The third kappa shape index (κ3) is 0.769. The number of rotatable bonds is 0. The van der Waals surface area contributed by atoms with Crippen LogP contribution in [0, 0.1) is 11.3 Å². The molecule has 0 aliphatic heterocycles. The maximum Gasteiger partial charge on any atom is 0.277 e. The van der Waals surface area contributed by atoms with Crippen molar-refractivity contribution in [2.75, 3.05) is 0 Å². The zero-order valence-electron chi connectivity index (χ0n) is 5.83. The fourth-order valence-corrected chi connectivity index (χ4v) is 0.896. The molecule has 0 saturated heterocycles. The second-order valence-electron chi connectivity index (χ2n) is 2.13. The molecule has 2 aromatic heterocycles. The Morgan fingerprint density at radius 2 is 2.42 bits per heavy atom. The summed E-state index contributed by atoms with van der Waals surface area (Å²) in [5.41, 5.74) is 0.165. The number of nitrogens with zero attached hydrogens (tertiary/aromatic N) is 3. The Bertz CT molecular complexity index is 516. The molecule has 6 nitrogen and oxygen atoms in total. The van der Waals surface area contributed by atoms with Gasteiger partial charge < -0.3 is 4.98 Å². The normalized spacial score (nSPS) is 9.92. The lowest BCUT2D eigenvalue weighted by atomic mass is 10.5. The predicted molar refractivity (Wildman–Crippen MR) is 39.2 cm³/mol. The largest absolute Gasteiger partial charge is 0.339 e. The maximum absolute atomic E-state index is 11.1. The number of aromatic amines is 2. The van der Waals surface area contributed by atoms with Crippen LogP contribution < -0.4 is 5.56 Å². The fraction of sp³-hybridized carbons (Fsp3) is 0. The predicted octanol–water partition coefficient (Wildman–Crippen LogP) is -0.482. The molecule has 0 spiro atoms. The monoisotopic (exact) mass is 161 g/mol. The third-order valence-corrected chi connectivity index (χ3v) is 1.40. The molecular formula is C6H3N5O. The van der Waals surface area contributed by atoms with E-state index >= 15 is 0 Å². The van der Waals surface area contributed by atoms with Crippen molar-refractivity contribution in [2.24, 2.45) is 0 Å². The lowest BCUT2D eigenvalue weighted by molar-refractivity contribution is 1.10. The second kappa shape index (κ2) is 2.17. The Hall–Kier alpha value is -2.16. The lowest BCUT2D eigenvalue weighted by Crippen LogP contribution is -2.09. The van der Waals surface area contributed by atoms with Gasteiger partial charge in [-0.05, 0) is 0 Å². The van der Waals surface area contributed by atoms with E-state index in [0.29, 0.717) is 0 Å². The lowest BCUT2D eigenvalue weighted by Gasteiger charge is -1.87. The quantitative estimate of drug-likeness (QED) is 0.545. The van der Waals surface area contributed by atoms with Gasteiger partial charge >= 0.3 is 0 Å². The van der Waals surface area contributed by atoms with Gasteiger partial charge in [0.25, 0.3) is 5.56 Å². The van der Waals surface area contributed by atoms with Gasteiger partial charge in [0, 0.05) is 0 Å². The molecule has 0 aliphatic carbocycles. The number of nitriles is 1. The zero-order valence-corrected chi connectivity index (χ0v) is 5.83. The first-order valence-electron chi connectivity index (χ1n) is 3.15. The van der Waals surface area contributed by atoms with Gasteiger partial charge in [-0.2, -0.15) is 10.2 Å². The molecule has 2 N–H and O–H groups in total. The van der Waals surface area contributed by atoms with Gasteiger partial charge in [0.1, 0.15) is 6.07 Å². The summed E-state index contributed by atoms with van der Waals surface area (Å²) in [6, 6.07) is 1.73. The van der Waals surface area contributed by atoms with E-state index < -0.39 is 0 Å². The van der Waals surface area contributed by atoms with Gasteiger partial charge in [-0.25, -0.2) is 4.98 Å². The van der Waals surface area contributed by atoms with E-state index in [4.69, 9.17) is 5.26 Å². The van der Waals surface area contributed by atoms with Gasteiger partial charge in [-0.3, -0.25) is 9.78 Å². The van der Waals surface area contributed by atoms with E-state index in [1.165, 1.54) is 6.33 Å². The van der Waals surface area contributed by atoms with E-state index in [1.807, 2.05) is 0 Å². The highest BCUT2D eigenvalue weighted by molar-refractivity contribution is 5.68. The number of hydrogen-bond acceptors (Lipinski definition) is 4. The van der Waals surface area contributed by atoms with E-state index in [1.54, 1.807) is 6.07 Å². The van der Waals surface area contributed by atoms with Gasteiger partial charge in [-0.1, -0.05) is 0 Å². The molecule has 0 saturated carbocycles. The summed E-state index contributed by atoms with van der Waals surface area (Å²) < 4.78 is 0. The summed E-state index contributed by atoms with van der Waals surface area (Å²) in [5.74, 6) is -0.0281. The summed E-state index contributed by atoms with van der Waals surface area (Å²) in [6.45, 7) is 0. The van der Waals surface area contributed by atoms with Gasteiger partial charge in [0.05, 0.1) is 6.33 Å². The first-order chi connectivity index (χ1) is 5.81. The average molecular weight is 161 g/mol. The molecule has 58 valence electrons. The van der Waals surface area contributed by atoms with Crippen molar-refractivity contribution < 1.29 is 0 Å². The van der Waals surface area contributed by atoms with Crippen LogP contribution >= 0.6 is 0 Å². The van der Waals surface area contributed by atoms with E-state index in [2.05, 4.69) is 19.9 Å². The van der Waals surface area contributed by atoms with Crippen LogP contribution in [0.5, 0.6) is 0 Å². The van der Waals surface area contributed by atoms with Crippen LogP contribution in [0.15, 0.2) is 11.1 Å². The Morgan fingerprint density at radius 3 is 3.17 bits per heavy atom. The van der Waals surface area contributed by atoms with Crippen molar-refractivity contribution in [1.29, 1.82) is 5.26 Å². The molecule has 6 heteroatoms. The molecule has 12 heavy (non-hydrogen) atoms. The standard InChI is InChI=1S/C6H3N5O/c7-1-3-10-5-4(6(12)11-3)8-2-9-5/h2H,(H2,8,9,10,11,12). The highest BCUT2D eigenvalue weighted by Gasteiger charge is 2.03. The summed E-state index contributed by atoms with van der Waals surface area (Å²) in [7, 11) is 0. The number of nitrogens with one attached hydrogen (secondary N) is 2. The van der Waals surface area contributed by atoms with Crippen molar-refractivity contribution >= 4 is 11.2 Å². The molecule has 2 heterocycles. The van der Waals surface area contributed by atoms with Crippen molar-refractivity contribution in [1.82, 2.24) is 19.9 Å². The van der Waals surface area contributed by atoms with Crippen LogP contribution in [0.4, 0.5) is 0 Å². The summed E-state index contributed by atoms with van der Waals surface area (Å²) >= 11 is 0. The number of fused-ring (bicyclic) bond motifs is 1. The van der Waals surface area contributed by atoms with Crippen LogP contribution in [-0.4, -0.2) is 19.9 Å². The molecule has 2 rings (SSSR count). The first-order valence-corrected chi connectivity index (χ1v) is 3.15. The molecular weight excluding hydrogens is 158 g/mol. The molecule has 0 unspecified atom stereocenters. The SMILES string of the molecule is N#Cc1nc2nc[nH]c2c(=O)[nH]1. The number of H-pyrrole nitrogens is 2. The van der Waals surface area contributed by atoms with Crippen LogP contribution in [0.2, 0.25) is 0 Å². The topological polar surface area (TPSA) is 98.2 Å². The van der Waals surface area contributed by atoms with Crippen LogP contribution in [0.1, 0.15) is 5.82 Å². The van der Waals surface area contributed by atoms with Crippen molar-refractivity contribution in [2.45, 2.75) is 0 Å². The highest BCUT2D eigenvalue weighted by Crippen LogP contribution is 1.97. The number of aromatic nitrogens is 4. The van der Waals surface area contributed by atoms with Gasteiger partial charge in [0.15, 0.2) is 11.2 Å². The molecule has 2 aromatic rings. The zero-order chi connectivity index (χ0) is 8.55. The number of hydrogen-bond donors (Lipinski definition) is 2. The molecule has 0 amide bonds. The highest BCUT2D eigenvalue weighted by atomic mass is 16.1. The molecule has 0 bridgehead atoms. The summed E-state index contributed by atoms with van der Waals surface area (Å²) in [6.07, 6.45) is 1.36. The first kappa shape index (κ1) is 6.54. The summed E-state index contributed by atoms with van der Waals surface area (Å²) in [5, 5.41) is 8.44. The molecule has 0 radical (unpaired) electrons. The Labute approximate surface area is 65.9 Å². The number of imidazole rings is 1. The molecule has 0 atom stereocenters. The minimum atomic E-state index is -0.381. The second-order valence-corrected chi connectivity index (χ2v) is 2.13. The molecule has 0 fully saturated rings. The van der Waals surface area contributed by atoms with E-state index in [0.717, 1.165) is 0 Å². The fourth-order valence-electron chi connectivity index (χ4n) is 0.896. The van der Waals surface area contributed by atoms with Crippen molar-refractivity contribution in [3.05, 3.63) is 22.5 Å². The molecule has 0 aliphatic rings. The smallest absolute Gasteiger partial charge is 0.277 e. The van der Waals surface area contributed by atoms with Crippen LogP contribution in [0.3, 0.4) is 0 Å². The molecule has 0 aromatic carbocycles. The van der Waals surface area contributed by atoms with Gasteiger partial charge in [0.2, 0.25) is 5.82 Å². The maximum atomic E-state index is 11.1. The van der Waals surface area contributed by atoms with Crippen LogP contribution in [-0.2, 0) is 0 Å². The Morgan fingerprint density at radius 1 is 1.58 bits per heavy atom.